The highest BCUT2D eigenvalue weighted by Gasteiger charge is 2.40. The van der Waals surface area contributed by atoms with Crippen LogP contribution in [0, 0.1) is 5.41 Å². The van der Waals surface area contributed by atoms with Crippen molar-refractivity contribution < 1.29 is 23.9 Å². The molecule has 0 unspecified atom stereocenters. The molecule has 0 aromatic carbocycles. The van der Waals surface area contributed by atoms with E-state index in [0.29, 0.717) is 13.0 Å². The van der Waals surface area contributed by atoms with Crippen LogP contribution in [0.25, 0.3) is 0 Å². The predicted octanol–water partition coefficient (Wildman–Crippen LogP) is 2.09. The van der Waals surface area contributed by atoms with Crippen LogP contribution >= 0.6 is 0 Å². The van der Waals surface area contributed by atoms with Crippen LogP contribution in [-0.4, -0.2) is 54.2 Å². The summed E-state index contributed by atoms with van der Waals surface area (Å²) >= 11 is 0. The van der Waals surface area contributed by atoms with Crippen LogP contribution in [0.5, 0.6) is 0 Å². The molecule has 1 rings (SSSR count). The number of methoxy groups -OCH3 is 1. The molecule has 0 bridgehead atoms. The van der Waals surface area contributed by atoms with Gasteiger partial charge in [0.15, 0.2) is 0 Å². The fourth-order valence-corrected chi connectivity index (χ4v) is 2.56. The lowest BCUT2D eigenvalue weighted by atomic mass is 9.86. The summed E-state index contributed by atoms with van der Waals surface area (Å²) in [7, 11) is 1.29. The minimum absolute atomic E-state index is 0.358. The molecule has 24 heavy (non-hydrogen) atoms. The van der Waals surface area contributed by atoms with E-state index in [1.165, 1.54) is 12.0 Å². The quantitative estimate of drug-likeness (QED) is 0.794. The van der Waals surface area contributed by atoms with E-state index in [1.807, 2.05) is 20.8 Å². The number of nitrogens with zero attached hydrogens (tertiary/aromatic N) is 1. The molecule has 7 heteroatoms. The molecule has 1 saturated heterocycles. The zero-order chi connectivity index (χ0) is 18.7. The maximum atomic E-state index is 12.6. The number of hydrogen-bond donors (Lipinski definition) is 1. The number of carbonyl (C=O) groups is 3. The number of likely N-dealkylation sites (tertiary alicyclic amines) is 1. The Bertz CT molecular complexity index is 490. The number of carbonyl (C=O) groups excluding carboxylic acids is 3. The Morgan fingerprint density at radius 3 is 2.17 bits per heavy atom. The van der Waals surface area contributed by atoms with Gasteiger partial charge in [-0.25, -0.2) is 9.59 Å². The maximum Gasteiger partial charge on any atom is 0.410 e. The number of esters is 1. The molecule has 0 aromatic rings. The fourth-order valence-electron chi connectivity index (χ4n) is 2.56. The summed E-state index contributed by atoms with van der Waals surface area (Å²) in [5.41, 5.74) is -1.13. The topological polar surface area (TPSA) is 84.9 Å². The van der Waals surface area contributed by atoms with Gasteiger partial charge in [-0.15, -0.1) is 0 Å². The maximum absolute atomic E-state index is 12.6. The molecule has 0 spiro atoms. The summed E-state index contributed by atoms with van der Waals surface area (Å²) in [5.74, 6) is -0.860. The van der Waals surface area contributed by atoms with Gasteiger partial charge in [-0.2, -0.15) is 0 Å². The molecule has 2 atom stereocenters. The zero-order valence-electron chi connectivity index (χ0n) is 15.8. The van der Waals surface area contributed by atoms with Crippen LogP contribution < -0.4 is 5.32 Å². The summed E-state index contributed by atoms with van der Waals surface area (Å²) in [4.78, 5) is 38.3. The van der Waals surface area contributed by atoms with Gasteiger partial charge in [0.05, 0.1) is 7.11 Å². The van der Waals surface area contributed by atoms with Gasteiger partial charge in [0.25, 0.3) is 0 Å². The van der Waals surface area contributed by atoms with Gasteiger partial charge >= 0.3 is 12.1 Å². The Morgan fingerprint density at radius 2 is 1.71 bits per heavy atom. The summed E-state index contributed by atoms with van der Waals surface area (Å²) in [6.45, 7) is 11.3. The third-order valence-electron chi connectivity index (χ3n) is 3.77. The lowest BCUT2D eigenvalue weighted by molar-refractivity contribution is -0.148. The van der Waals surface area contributed by atoms with Crippen molar-refractivity contribution in [1.29, 1.82) is 0 Å². The van der Waals surface area contributed by atoms with E-state index in [9.17, 15) is 14.4 Å². The highest BCUT2D eigenvalue weighted by Crippen LogP contribution is 2.24. The van der Waals surface area contributed by atoms with Crippen LogP contribution in [-0.2, 0) is 19.1 Å². The third kappa shape index (κ3) is 5.39. The second kappa shape index (κ2) is 7.40. The first-order chi connectivity index (χ1) is 10.9. The summed E-state index contributed by atoms with van der Waals surface area (Å²) in [6, 6.07) is -1.41. The van der Waals surface area contributed by atoms with E-state index >= 15 is 0 Å². The van der Waals surface area contributed by atoms with Crippen molar-refractivity contribution in [2.24, 2.45) is 5.41 Å². The molecule has 0 aliphatic carbocycles. The molecule has 0 radical (unpaired) electrons. The van der Waals surface area contributed by atoms with E-state index in [4.69, 9.17) is 9.47 Å². The Kier molecular flexibility index (Phi) is 6.25. The Labute approximate surface area is 144 Å². The molecule has 1 aliphatic heterocycles. The van der Waals surface area contributed by atoms with Crippen molar-refractivity contribution in [1.82, 2.24) is 10.2 Å². The molecule has 138 valence electrons. The van der Waals surface area contributed by atoms with Gasteiger partial charge in [0, 0.05) is 6.54 Å². The van der Waals surface area contributed by atoms with Crippen molar-refractivity contribution in [3.63, 3.8) is 0 Å². The monoisotopic (exact) mass is 342 g/mol. The van der Waals surface area contributed by atoms with Crippen LogP contribution in [0.15, 0.2) is 0 Å². The SMILES string of the molecule is COC(=O)[C@@H](NC(=O)[C@@H]1CCCN1C(=O)OC(C)(C)C)C(C)(C)C. The van der Waals surface area contributed by atoms with Gasteiger partial charge in [-0.1, -0.05) is 20.8 Å². The average Bonchev–Trinajstić information content (AvgIpc) is 2.90. The minimum Gasteiger partial charge on any atom is -0.467 e. The van der Waals surface area contributed by atoms with Crippen LogP contribution in [0.3, 0.4) is 0 Å². The van der Waals surface area contributed by atoms with Crippen molar-refractivity contribution in [3.05, 3.63) is 0 Å². The number of nitrogens with one attached hydrogen (secondary N) is 1. The number of hydrogen-bond acceptors (Lipinski definition) is 5. The summed E-state index contributed by atoms with van der Waals surface area (Å²) < 4.78 is 10.1. The van der Waals surface area contributed by atoms with Crippen LogP contribution in [0.2, 0.25) is 0 Å². The Balaban J connectivity index is 2.85. The number of ether oxygens (including phenoxy) is 2. The lowest BCUT2D eigenvalue weighted by Gasteiger charge is -2.32. The normalized spacial score (nSPS) is 19.6. The van der Waals surface area contributed by atoms with E-state index in [-0.39, 0.29) is 5.91 Å². The molecule has 1 aliphatic rings. The van der Waals surface area contributed by atoms with Crippen LogP contribution in [0.1, 0.15) is 54.4 Å². The summed E-state index contributed by atoms with van der Waals surface area (Å²) in [6.07, 6.45) is 0.754. The third-order valence-corrected chi connectivity index (χ3v) is 3.77. The smallest absolute Gasteiger partial charge is 0.410 e. The standard InChI is InChI=1S/C17H30N2O5/c1-16(2,3)12(14(21)23-7)18-13(20)11-9-8-10-19(11)15(22)24-17(4,5)6/h11-12H,8-10H2,1-7H3,(H,18,20)/t11-,12+/m0/s1. The van der Waals surface area contributed by atoms with Gasteiger partial charge in [-0.3, -0.25) is 9.69 Å². The first-order valence-electron chi connectivity index (χ1n) is 8.24. The summed E-state index contributed by atoms with van der Waals surface area (Å²) in [5, 5.41) is 2.73. The van der Waals surface area contributed by atoms with E-state index in [0.717, 1.165) is 6.42 Å². The van der Waals surface area contributed by atoms with Gasteiger partial charge < -0.3 is 14.8 Å². The molecule has 2 amide bonds. The average molecular weight is 342 g/mol. The Hall–Kier alpha value is -1.79. The Morgan fingerprint density at radius 1 is 1.12 bits per heavy atom. The second-order valence-corrected chi connectivity index (χ2v) is 8.16. The highest BCUT2D eigenvalue weighted by molar-refractivity contribution is 5.90. The van der Waals surface area contributed by atoms with Crippen LogP contribution in [0.4, 0.5) is 4.79 Å². The molecule has 1 heterocycles. The molecule has 7 nitrogen and oxygen atoms in total. The van der Waals surface area contributed by atoms with Crippen molar-refractivity contribution in [3.8, 4) is 0 Å². The predicted molar refractivity (Wildman–Crippen MR) is 89.4 cm³/mol. The van der Waals surface area contributed by atoms with Crippen molar-refractivity contribution in [2.45, 2.75) is 72.1 Å². The molecule has 1 fully saturated rings. The van der Waals surface area contributed by atoms with Gasteiger partial charge in [-0.05, 0) is 39.0 Å². The van der Waals surface area contributed by atoms with E-state index in [2.05, 4.69) is 5.32 Å². The minimum atomic E-state index is -0.781. The first-order valence-corrected chi connectivity index (χ1v) is 8.24. The number of rotatable bonds is 3. The molecule has 0 aromatic heterocycles. The molecule has 1 N–H and O–H groups in total. The van der Waals surface area contributed by atoms with E-state index < -0.39 is 35.2 Å². The molecular weight excluding hydrogens is 312 g/mol. The highest BCUT2D eigenvalue weighted by atomic mass is 16.6. The van der Waals surface area contributed by atoms with E-state index in [1.54, 1.807) is 20.8 Å². The second-order valence-electron chi connectivity index (χ2n) is 8.16. The first kappa shape index (κ1) is 20.3. The fraction of sp³-hybridized carbons (Fsp3) is 0.824. The van der Waals surface area contributed by atoms with Crippen molar-refractivity contribution >= 4 is 18.0 Å². The van der Waals surface area contributed by atoms with Gasteiger partial charge in [0.2, 0.25) is 5.91 Å². The van der Waals surface area contributed by atoms with Gasteiger partial charge in [0.1, 0.15) is 17.7 Å². The largest absolute Gasteiger partial charge is 0.467 e. The number of amides is 2. The zero-order valence-corrected chi connectivity index (χ0v) is 15.8. The molecule has 0 saturated carbocycles. The molecular formula is C17H30N2O5. The lowest BCUT2D eigenvalue weighted by Crippen LogP contribution is -2.55. The van der Waals surface area contributed by atoms with Crippen molar-refractivity contribution in [2.75, 3.05) is 13.7 Å².